The SMILES string of the molecule is COc1cccc(CN[C@@H](C)C(=O)Nc2ccc(F)cc2Cl)c1. The fourth-order valence-corrected chi connectivity index (χ4v) is 2.19. The van der Waals surface area contributed by atoms with E-state index in [1.165, 1.54) is 12.1 Å². The van der Waals surface area contributed by atoms with E-state index in [0.29, 0.717) is 12.2 Å². The second-order valence-electron chi connectivity index (χ2n) is 5.07. The molecule has 0 saturated heterocycles. The van der Waals surface area contributed by atoms with Gasteiger partial charge >= 0.3 is 0 Å². The van der Waals surface area contributed by atoms with Crippen LogP contribution in [-0.2, 0) is 11.3 Å². The molecule has 0 aliphatic carbocycles. The normalized spacial score (nSPS) is 11.8. The van der Waals surface area contributed by atoms with Gasteiger partial charge in [0.1, 0.15) is 11.6 Å². The van der Waals surface area contributed by atoms with Crippen LogP contribution >= 0.6 is 11.6 Å². The maximum absolute atomic E-state index is 13.0. The highest BCUT2D eigenvalue weighted by atomic mass is 35.5. The minimum absolute atomic E-state index is 0.165. The Labute approximate surface area is 139 Å². The smallest absolute Gasteiger partial charge is 0.241 e. The number of amides is 1. The van der Waals surface area contributed by atoms with Gasteiger partial charge in [0, 0.05) is 6.54 Å². The van der Waals surface area contributed by atoms with E-state index in [9.17, 15) is 9.18 Å². The summed E-state index contributed by atoms with van der Waals surface area (Å²) in [6.45, 7) is 2.26. The predicted octanol–water partition coefficient (Wildman–Crippen LogP) is 3.60. The second-order valence-corrected chi connectivity index (χ2v) is 5.47. The van der Waals surface area contributed by atoms with Crippen molar-refractivity contribution in [3.63, 3.8) is 0 Å². The summed E-state index contributed by atoms with van der Waals surface area (Å²) < 4.78 is 18.2. The van der Waals surface area contributed by atoms with E-state index in [-0.39, 0.29) is 10.9 Å². The van der Waals surface area contributed by atoms with Crippen LogP contribution in [0.25, 0.3) is 0 Å². The van der Waals surface area contributed by atoms with E-state index < -0.39 is 11.9 Å². The molecular formula is C17H18ClFN2O2. The van der Waals surface area contributed by atoms with Crippen LogP contribution in [-0.4, -0.2) is 19.1 Å². The first-order valence-electron chi connectivity index (χ1n) is 7.12. The molecule has 1 amide bonds. The van der Waals surface area contributed by atoms with Crippen LogP contribution in [0.3, 0.4) is 0 Å². The van der Waals surface area contributed by atoms with Crippen LogP contribution < -0.4 is 15.4 Å². The Balaban J connectivity index is 1.91. The number of hydrogen-bond acceptors (Lipinski definition) is 3. The van der Waals surface area contributed by atoms with E-state index in [1.807, 2.05) is 24.3 Å². The standard InChI is InChI=1S/C17H18ClFN2O2/c1-11(20-10-12-4-3-5-14(8-12)23-2)17(22)21-16-7-6-13(19)9-15(16)18/h3-9,11,20H,10H2,1-2H3,(H,21,22)/t11-/m0/s1. The van der Waals surface area contributed by atoms with Crippen LogP contribution in [0, 0.1) is 5.82 Å². The molecule has 122 valence electrons. The van der Waals surface area contributed by atoms with Crippen molar-refractivity contribution in [2.45, 2.75) is 19.5 Å². The van der Waals surface area contributed by atoms with E-state index in [4.69, 9.17) is 16.3 Å². The maximum Gasteiger partial charge on any atom is 0.241 e. The summed E-state index contributed by atoms with van der Waals surface area (Å²) in [5, 5.41) is 5.95. The summed E-state index contributed by atoms with van der Waals surface area (Å²) in [7, 11) is 1.61. The van der Waals surface area contributed by atoms with Crippen molar-refractivity contribution < 1.29 is 13.9 Å². The average Bonchev–Trinajstić information content (AvgIpc) is 2.55. The van der Waals surface area contributed by atoms with Crippen molar-refractivity contribution >= 4 is 23.2 Å². The fraction of sp³-hybridized carbons (Fsp3) is 0.235. The number of nitrogens with one attached hydrogen (secondary N) is 2. The second kappa shape index (κ2) is 7.94. The average molecular weight is 337 g/mol. The number of anilines is 1. The molecule has 0 unspecified atom stereocenters. The zero-order valence-corrected chi connectivity index (χ0v) is 13.7. The third-order valence-corrected chi connectivity index (χ3v) is 3.64. The van der Waals surface area contributed by atoms with Gasteiger partial charge in [0.25, 0.3) is 0 Å². The molecule has 0 saturated carbocycles. The number of carbonyl (C=O) groups is 1. The molecule has 2 aromatic rings. The van der Waals surface area contributed by atoms with Crippen molar-refractivity contribution in [1.29, 1.82) is 0 Å². The summed E-state index contributed by atoms with van der Waals surface area (Å²) in [6, 6.07) is 11.0. The summed E-state index contributed by atoms with van der Waals surface area (Å²) in [6.07, 6.45) is 0. The van der Waals surface area contributed by atoms with Gasteiger partial charge < -0.3 is 15.4 Å². The summed E-state index contributed by atoms with van der Waals surface area (Å²) >= 11 is 5.90. The van der Waals surface area contributed by atoms with Crippen molar-refractivity contribution in [3.05, 3.63) is 58.9 Å². The minimum atomic E-state index is -0.447. The maximum atomic E-state index is 13.0. The van der Waals surface area contributed by atoms with Crippen LogP contribution in [0.4, 0.5) is 10.1 Å². The molecule has 0 bridgehead atoms. The highest BCUT2D eigenvalue weighted by Gasteiger charge is 2.14. The number of hydrogen-bond donors (Lipinski definition) is 2. The Morgan fingerprint density at radius 3 is 2.78 bits per heavy atom. The Morgan fingerprint density at radius 2 is 2.09 bits per heavy atom. The number of benzene rings is 2. The van der Waals surface area contributed by atoms with Crippen molar-refractivity contribution in [3.8, 4) is 5.75 Å². The van der Waals surface area contributed by atoms with Crippen LogP contribution in [0.15, 0.2) is 42.5 Å². The molecule has 23 heavy (non-hydrogen) atoms. The number of methoxy groups -OCH3 is 1. The zero-order valence-electron chi connectivity index (χ0n) is 12.9. The highest BCUT2D eigenvalue weighted by Crippen LogP contribution is 2.22. The Hall–Kier alpha value is -2.11. The molecule has 1 atom stereocenters. The lowest BCUT2D eigenvalue weighted by molar-refractivity contribution is -0.117. The zero-order chi connectivity index (χ0) is 16.8. The van der Waals surface area contributed by atoms with Crippen LogP contribution in [0.1, 0.15) is 12.5 Å². The summed E-state index contributed by atoms with van der Waals surface area (Å²) in [4.78, 5) is 12.1. The van der Waals surface area contributed by atoms with E-state index >= 15 is 0 Å². The molecule has 2 rings (SSSR count). The van der Waals surface area contributed by atoms with Gasteiger partial charge in [-0.05, 0) is 42.8 Å². The highest BCUT2D eigenvalue weighted by molar-refractivity contribution is 6.33. The number of ether oxygens (including phenoxy) is 1. The molecule has 0 spiro atoms. The van der Waals surface area contributed by atoms with Crippen molar-refractivity contribution in [2.75, 3.05) is 12.4 Å². The molecule has 0 fully saturated rings. The lowest BCUT2D eigenvalue weighted by Crippen LogP contribution is -2.37. The third kappa shape index (κ3) is 4.94. The lowest BCUT2D eigenvalue weighted by Gasteiger charge is -2.15. The predicted molar refractivity (Wildman–Crippen MR) is 89.3 cm³/mol. The van der Waals surface area contributed by atoms with Gasteiger partial charge in [0.2, 0.25) is 5.91 Å². The third-order valence-electron chi connectivity index (χ3n) is 3.33. The lowest BCUT2D eigenvalue weighted by atomic mass is 10.2. The Kier molecular flexibility index (Phi) is 5.96. The van der Waals surface area contributed by atoms with Crippen LogP contribution in [0.2, 0.25) is 5.02 Å². The molecule has 0 aliphatic rings. The number of rotatable bonds is 6. The van der Waals surface area contributed by atoms with Gasteiger partial charge in [-0.3, -0.25) is 4.79 Å². The Bertz CT molecular complexity index is 694. The van der Waals surface area contributed by atoms with Crippen molar-refractivity contribution in [2.24, 2.45) is 0 Å². The molecule has 6 heteroatoms. The Morgan fingerprint density at radius 1 is 1.30 bits per heavy atom. The van der Waals surface area contributed by atoms with Gasteiger partial charge in [-0.2, -0.15) is 0 Å². The topological polar surface area (TPSA) is 50.4 Å². The number of halogens is 2. The monoisotopic (exact) mass is 336 g/mol. The first-order valence-corrected chi connectivity index (χ1v) is 7.49. The number of carbonyl (C=O) groups excluding carboxylic acids is 1. The molecule has 2 N–H and O–H groups in total. The quantitative estimate of drug-likeness (QED) is 0.847. The van der Waals surface area contributed by atoms with E-state index in [1.54, 1.807) is 14.0 Å². The molecular weight excluding hydrogens is 319 g/mol. The largest absolute Gasteiger partial charge is 0.497 e. The summed E-state index contributed by atoms with van der Waals surface area (Å²) in [5.41, 5.74) is 1.39. The van der Waals surface area contributed by atoms with Crippen LogP contribution in [0.5, 0.6) is 5.75 Å². The fourth-order valence-electron chi connectivity index (χ4n) is 1.98. The van der Waals surface area contributed by atoms with Gasteiger partial charge in [-0.1, -0.05) is 23.7 Å². The van der Waals surface area contributed by atoms with Crippen molar-refractivity contribution in [1.82, 2.24) is 5.32 Å². The van der Waals surface area contributed by atoms with E-state index in [0.717, 1.165) is 17.4 Å². The molecule has 0 aromatic heterocycles. The molecule has 0 radical (unpaired) electrons. The first-order chi connectivity index (χ1) is 11.0. The van der Waals surface area contributed by atoms with E-state index in [2.05, 4.69) is 10.6 Å². The first kappa shape index (κ1) is 17.2. The summed E-state index contributed by atoms with van der Waals surface area (Å²) in [5.74, 6) is 0.0677. The molecule has 0 aliphatic heterocycles. The van der Waals surface area contributed by atoms with Gasteiger partial charge in [-0.15, -0.1) is 0 Å². The minimum Gasteiger partial charge on any atom is -0.497 e. The van der Waals surface area contributed by atoms with Gasteiger partial charge in [0.05, 0.1) is 23.9 Å². The van der Waals surface area contributed by atoms with Gasteiger partial charge in [-0.25, -0.2) is 4.39 Å². The molecule has 2 aromatic carbocycles. The molecule has 0 heterocycles. The molecule has 4 nitrogen and oxygen atoms in total. The van der Waals surface area contributed by atoms with Gasteiger partial charge in [0.15, 0.2) is 0 Å².